The Hall–Kier alpha value is -1.02. The molecule has 1 fully saturated rings. The maximum atomic E-state index is 5.29. The van der Waals surface area contributed by atoms with Crippen LogP contribution in [0.3, 0.4) is 0 Å². The number of benzene rings is 1. The van der Waals surface area contributed by atoms with Crippen LogP contribution in [0.5, 0.6) is 5.75 Å². The van der Waals surface area contributed by atoms with Crippen LogP contribution in [0.1, 0.15) is 31.7 Å². The van der Waals surface area contributed by atoms with E-state index in [0.29, 0.717) is 6.04 Å². The molecule has 0 radical (unpaired) electrons. The summed E-state index contributed by atoms with van der Waals surface area (Å²) < 4.78 is 5.29. The highest BCUT2D eigenvalue weighted by Gasteiger charge is 2.27. The lowest BCUT2D eigenvalue weighted by Crippen LogP contribution is -2.34. The number of nitrogens with one attached hydrogen (secondary N) is 1. The van der Waals surface area contributed by atoms with E-state index in [1.807, 2.05) is 6.07 Å². The monoisotopic (exact) mass is 247 g/mol. The molecular formula is C16H25NO. The number of ether oxygens (including phenoxy) is 1. The van der Waals surface area contributed by atoms with Crippen molar-refractivity contribution >= 4 is 0 Å². The zero-order chi connectivity index (χ0) is 13.0. The van der Waals surface area contributed by atoms with Crippen LogP contribution in [0.15, 0.2) is 24.3 Å². The highest BCUT2D eigenvalue weighted by Crippen LogP contribution is 2.33. The normalized spacial score (nSPS) is 25.1. The zero-order valence-electron chi connectivity index (χ0n) is 11.8. The van der Waals surface area contributed by atoms with Gasteiger partial charge in [-0.1, -0.05) is 25.5 Å². The van der Waals surface area contributed by atoms with Gasteiger partial charge in [-0.2, -0.15) is 0 Å². The lowest BCUT2D eigenvalue weighted by molar-refractivity contribution is 0.366. The number of rotatable bonds is 5. The van der Waals surface area contributed by atoms with Gasteiger partial charge in [0.2, 0.25) is 0 Å². The molecule has 2 heteroatoms. The molecule has 1 N–H and O–H groups in total. The van der Waals surface area contributed by atoms with Gasteiger partial charge in [-0.15, -0.1) is 0 Å². The maximum absolute atomic E-state index is 5.29. The smallest absolute Gasteiger partial charge is 0.119 e. The summed E-state index contributed by atoms with van der Waals surface area (Å²) in [5.41, 5.74) is 1.37. The number of hydrogen-bond acceptors (Lipinski definition) is 2. The quantitative estimate of drug-likeness (QED) is 0.862. The third-order valence-corrected chi connectivity index (χ3v) is 4.26. The van der Waals surface area contributed by atoms with Crippen molar-refractivity contribution < 1.29 is 4.74 Å². The molecule has 1 aliphatic rings. The topological polar surface area (TPSA) is 21.3 Å². The van der Waals surface area contributed by atoms with Crippen molar-refractivity contribution in [3.8, 4) is 5.75 Å². The predicted molar refractivity (Wildman–Crippen MR) is 76.1 cm³/mol. The van der Waals surface area contributed by atoms with Crippen molar-refractivity contribution in [2.45, 2.75) is 38.6 Å². The van der Waals surface area contributed by atoms with Crippen LogP contribution in [0.2, 0.25) is 0 Å². The van der Waals surface area contributed by atoms with Crippen molar-refractivity contribution in [2.24, 2.45) is 11.8 Å². The highest BCUT2D eigenvalue weighted by atomic mass is 16.5. The predicted octanol–water partition coefficient (Wildman–Crippen LogP) is 3.26. The van der Waals surface area contributed by atoms with E-state index in [9.17, 15) is 0 Å². The Balaban J connectivity index is 2.01. The Morgan fingerprint density at radius 2 is 2.22 bits per heavy atom. The lowest BCUT2D eigenvalue weighted by atomic mass is 9.91. The Morgan fingerprint density at radius 1 is 1.39 bits per heavy atom. The van der Waals surface area contributed by atoms with E-state index in [2.05, 4.69) is 37.5 Å². The van der Waals surface area contributed by atoms with E-state index in [-0.39, 0.29) is 0 Å². The van der Waals surface area contributed by atoms with Gasteiger partial charge in [0.1, 0.15) is 5.75 Å². The summed E-state index contributed by atoms with van der Waals surface area (Å²) in [5.74, 6) is 2.69. The summed E-state index contributed by atoms with van der Waals surface area (Å²) in [6.45, 7) is 2.37. The standard InChI is InChI=1S/C16H25NO/c1-12-7-8-14(9-12)16(17-2)11-13-5-4-6-15(10-13)18-3/h4-6,10,12,14,16-17H,7-9,11H2,1-3H3. The second-order valence-electron chi connectivity index (χ2n) is 5.63. The van der Waals surface area contributed by atoms with E-state index >= 15 is 0 Å². The molecular weight excluding hydrogens is 222 g/mol. The molecule has 0 saturated heterocycles. The molecule has 0 aliphatic heterocycles. The van der Waals surface area contributed by atoms with Gasteiger partial charge >= 0.3 is 0 Å². The average Bonchev–Trinajstić information content (AvgIpc) is 2.82. The van der Waals surface area contributed by atoms with Crippen LogP contribution in [0, 0.1) is 11.8 Å². The van der Waals surface area contributed by atoms with Crippen molar-refractivity contribution in [3.05, 3.63) is 29.8 Å². The number of methoxy groups -OCH3 is 1. The van der Waals surface area contributed by atoms with Crippen molar-refractivity contribution in [1.82, 2.24) is 5.32 Å². The van der Waals surface area contributed by atoms with Gasteiger partial charge in [0.25, 0.3) is 0 Å². The van der Waals surface area contributed by atoms with Gasteiger partial charge in [-0.3, -0.25) is 0 Å². The minimum absolute atomic E-state index is 0.599. The average molecular weight is 247 g/mol. The third kappa shape index (κ3) is 3.26. The van der Waals surface area contributed by atoms with Crippen LogP contribution in [0.4, 0.5) is 0 Å². The second-order valence-corrected chi connectivity index (χ2v) is 5.63. The SMILES string of the molecule is CNC(Cc1cccc(OC)c1)C1CCC(C)C1. The Kier molecular flexibility index (Phi) is 4.65. The van der Waals surface area contributed by atoms with Gasteiger partial charge in [-0.05, 0) is 55.8 Å². The van der Waals surface area contributed by atoms with E-state index in [1.165, 1.54) is 24.8 Å². The fraction of sp³-hybridized carbons (Fsp3) is 0.625. The summed E-state index contributed by atoms with van der Waals surface area (Å²) in [7, 11) is 3.82. The first-order chi connectivity index (χ1) is 8.72. The molecule has 0 spiro atoms. The van der Waals surface area contributed by atoms with Crippen molar-refractivity contribution in [1.29, 1.82) is 0 Å². The largest absolute Gasteiger partial charge is 0.497 e. The van der Waals surface area contributed by atoms with E-state index in [0.717, 1.165) is 24.0 Å². The molecule has 1 aromatic carbocycles. The fourth-order valence-electron chi connectivity index (χ4n) is 3.17. The molecule has 2 nitrogen and oxygen atoms in total. The van der Waals surface area contributed by atoms with Crippen LogP contribution in [0.25, 0.3) is 0 Å². The summed E-state index contributed by atoms with van der Waals surface area (Å²) in [5, 5.41) is 3.51. The van der Waals surface area contributed by atoms with E-state index in [1.54, 1.807) is 7.11 Å². The van der Waals surface area contributed by atoms with Crippen molar-refractivity contribution in [2.75, 3.05) is 14.2 Å². The van der Waals surface area contributed by atoms with Gasteiger partial charge in [0.15, 0.2) is 0 Å². The van der Waals surface area contributed by atoms with Crippen LogP contribution in [-0.4, -0.2) is 20.2 Å². The van der Waals surface area contributed by atoms with Crippen LogP contribution in [-0.2, 0) is 6.42 Å². The molecule has 0 heterocycles. The summed E-state index contributed by atoms with van der Waals surface area (Å²) >= 11 is 0. The second kappa shape index (κ2) is 6.24. The van der Waals surface area contributed by atoms with Gasteiger partial charge in [-0.25, -0.2) is 0 Å². The lowest BCUT2D eigenvalue weighted by Gasteiger charge is -2.23. The first kappa shape index (κ1) is 13.4. The molecule has 1 saturated carbocycles. The molecule has 0 bridgehead atoms. The third-order valence-electron chi connectivity index (χ3n) is 4.26. The van der Waals surface area contributed by atoms with E-state index < -0.39 is 0 Å². The molecule has 1 aliphatic carbocycles. The Labute approximate surface area is 111 Å². The Bertz CT molecular complexity index is 377. The number of hydrogen-bond donors (Lipinski definition) is 1. The summed E-state index contributed by atoms with van der Waals surface area (Å²) in [6.07, 6.45) is 5.23. The molecule has 3 unspecified atom stereocenters. The van der Waals surface area contributed by atoms with Gasteiger partial charge in [0, 0.05) is 6.04 Å². The summed E-state index contributed by atoms with van der Waals surface area (Å²) in [4.78, 5) is 0. The molecule has 18 heavy (non-hydrogen) atoms. The summed E-state index contributed by atoms with van der Waals surface area (Å²) in [6, 6.07) is 9.05. The molecule has 1 aromatic rings. The van der Waals surface area contributed by atoms with Crippen molar-refractivity contribution in [3.63, 3.8) is 0 Å². The Morgan fingerprint density at radius 3 is 2.83 bits per heavy atom. The molecule has 0 aromatic heterocycles. The molecule has 100 valence electrons. The first-order valence-corrected chi connectivity index (χ1v) is 7.03. The zero-order valence-corrected chi connectivity index (χ0v) is 11.8. The number of likely N-dealkylation sites (N-methyl/N-ethyl adjacent to an activating group) is 1. The molecule has 2 rings (SSSR count). The first-order valence-electron chi connectivity index (χ1n) is 7.03. The van der Waals surface area contributed by atoms with Crippen LogP contribution >= 0.6 is 0 Å². The van der Waals surface area contributed by atoms with Gasteiger partial charge < -0.3 is 10.1 Å². The van der Waals surface area contributed by atoms with E-state index in [4.69, 9.17) is 4.74 Å². The molecule has 0 amide bonds. The van der Waals surface area contributed by atoms with Crippen LogP contribution < -0.4 is 10.1 Å². The fourth-order valence-corrected chi connectivity index (χ4v) is 3.17. The minimum atomic E-state index is 0.599. The molecule has 3 atom stereocenters. The minimum Gasteiger partial charge on any atom is -0.497 e. The highest BCUT2D eigenvalue weighted by molar-refractivity contribution is 5.29. The maximum Gasteiger partial charge on any atom is 0.119 e. The van der Waals surface area contributed by atoms with Gasteiger partial charge in [0.05, 0.1) is 7.11 Å².